The minimum absolute atomic E-state index is 0.186. The van der Waals surface area contributed by atoms with E-state index in [2.05, 4.69) is 36.2 Å². The number of benzene rings is 1. The normalized spacial score (nSPS) is 15.0. The highest BCUT2D eigenvalue weighted by Gasteiger charge is 2.13. The van der Waals surface area contributed by atoms with Crippen LogP contribution < -0.4 is 10.1 Å². The Kier molecular flexibility index (Phi) is 7.51. The fourth-order valence-electron chi connectivity index (χ4n) is 3.10. The first kappa shape index (κ1) is 20.4. The van der Waals surface area contributed by atoms with E-state index in [4.69, 9.17) is 13.9 Å². The van der Waals surface area contributed by atoms with Crippen LogP contribution in [0.4, 0.5) is 0 Å². The number of carbonyl (C=O) groups is 1. The van der Waals surface area contributed by atoms with Gasteiger partial charge in [0.25, 0.3) is 5.91 Å². The second kappa shape index (κ2) is 10.3. The molecule has 2 heterocycles. The quantitative estimate of drug-likeness (QED) is 0.669. The maximum absolute atomic E-state index is 12.2. The number of ether oxygens (including phenoxy) is 2. The minimum Gasteiger partial charge on any atom is -0.486 e. The Morgan fingerprint density at radius 2 is 1.89 bits per heavy atom. The first-order valence-corrected chi connectivity index (χ1v) is 10.0. The monoisotopic (exact) mass is 386 g/mol. The van der Waals surface area contributed by atoms with Gasteiger partial charge in [-0.25, -0.2) is 0 Å². The van der Waals surface area contributed by atoms with Crippen LogP contribution in [-0.2, 0) is 11.3 Å². The summed E-state index contributed by atoms with van der Waals surface area (Å²) < 4.78 is 16.7. The maximum atomic E-state index is 12.2. The number of nitrogens with one attached hydrogen (secondary N) is 1. The van der Waals surface area contributed by atoms with Gasteiger partial charge in [-0.3, -0.25) is 9.69 Å². The van der Waals surface area contributed by atoms with E-state index in [0.717, 1.165) is 45.0 Å². The predicted molar refractivity (Wildman–Crippen MR) is 108 cm³/mol. The summed E-state index contributed by atoms with van der Waals surface area (Å²) in [5.74, 6) is 2.05. The SMILES string of the molecule is CC(C)c1ccc(OCc2ccc(C(=O)NCCCN3CCOCC3)o2)cc1. The van der Waals surface area contributed by atoms with Gasteiger partial charge in [0.2, 0.25) is 0 Å². The van der Waals surface area contributed by atoms with Gasteiger partial charge in [0, 0.05) is 19.6 Å². The maximum Gasteiger partial charge on any atom is 0.286 e. The molecule has 0 unspecified atom stereocenters. The highest BCUT2D eigenvalue weighted by molar-refractivity contribution is 5.91. The van der Waals surface area contributed by atoms with Crippen molar-refractivity contribution < 1.29 is 18.7 Å². The summed E-state index contributed by atoms with van der Waals surface area (Å²) >= 11 is 0. The van der Waals surface area contributed by atoms with Gasteiger partial charge in [0.15, 0.2) is 5.76 Å². The van der Waals surface area contributed by atoms with Crippen molar-refractivity contribution >= 4 is 5.91 Å². The van der Waals surface area contributed by atoms with Crippen LogP contribution in [0.2, 0.25) is 0 Å². The lowest BCUT2D eigenvalue weighted by molar-refractivity contribution is 0.0374. The number of morpholine rings is 1. The molecule has 0 saturated carbocycles. The lowest BCUT2D eigenvalue weighted by atomic mass is 10.0. The summed E-state index contributed by atoms with van der Waals surface area (Å²) in [4.78, 5) is 14.6. The zero-order valence-electron chi connectivity index (χ0n) is 16.8. The third kappa shape index (κ3) is 6.11. The van der Waals surface area contributed by atoms with Crippen molar-refractivity contribution in [1.82, 2.24) is 10.2 Å². The van der Waals surface area contributed by atoms with Crippen LogP contribution in [0.1, 0.15) is 48.1 Å². The molecule has 1 amide bonds. The molecule has 6 nitrogen and oxygen atoms in total. The molecule has 0 atom stereocenters. The van der Waals surface area contributed by atoms with Gasteiger partial charge in [-0.05, 0) is 48.7 Å². The third-order valence-electron chi connectivity index (χ3n) is 4.85. The van der Waals surface area contributed by atoms with Gasteiger partial charge in [-0.2, -0.15) is 0 Å². The molecule has 3 rings (SSSR count). The summed E-state index contributed by atoms with van der Waals surface area (Å²) in [5.41, 5.74) is 1.28. The molecule has 1 aliphatic rings. The highest BCUT2D eigenvalue weighted by atomic mass is 16.5. The largest absolute Gasteiger partial charge is 0.486 e. The summed E-state index contributed by atoms with van der Waals surface area (Å²) in [5, 5.41) is 2.91. The Labute approximate surface area is 166 Å². The second-order valence-electron chi connectivity index (χ2n) is 7.34. The molecular weight excluding hydrogens is 356 g/mol. The van der Waals surface area contributed by atoms with Gasteiger partial charge >= 0.3 is 0 Å². The number of hydrogen-bond acceptors (Lipinski definition) is 5. The zero-order valence-corrected chi connectivity index (χ0v) is 16.8. The van der Waals surface area contributed by atoms with E-state index in [1.165, 1.54) is 5.56 Å². The van der Waals surface area contributed by atoms with E-state index in [1.807, 2.05) is 12.1 Å². The molecule has 0 bridgehead atoms. The van der Waals surface area contributed by atoms with Crippen LogP contribution in [0.5, 0.6) is 5.75 Å². The van der Waals surface area contributed by atoms with Gasteiger partial charge in [0.05, 0.1) is 13.2 Å². The molecule has 1 saturated heterocycles. The average Bonchev–Trinajstić information content (AvgIpc) is 3.20. The molecule has 0 aliphatic carbocycles. The first-order valence-electron chi connectivity index (χ1n) is 10.0. The van der Waals surface area contributed by atoms with Gasteiger partial charge in [-0.15, -0.1) is 0 Å². The molecule has 1 aromatic heterocycles. The fourth-order valence-corrected chi connectivity index (χ4v) is 3.10. The predicted octanol–water partition coefficient (Wildman–Crippen LogP) is 3.43. The number of nitrogens with zero attached hydrogens (tertiary/aromatic N) is 1. The summed E-state index contributed by atoms with van der Waals surface area (Å²) in [7, 11) is 0. The van der Waals surface area contributed by atoms with Crippen molar-refractivity contribution in [3.05, 3.63) is 53.5 Å². The lowest BCUT2D eigenvalue weighted by Crippen LogP contribution is -2.38. The van der Waals surface area contributed by atoms with Gasteiger partial charge in [-0.1, -0.05) is 26.0 Å². The van der Waals surface area contributed by atoms with Crippen molar-refractivity contribution in [2.75, 3.05) is 39.4 Å². The van der Waals surface area contributed by atoms with Crippen molar-refractivity contribution in [3.63, 3.8) is 0 Å². The van der Waals surface area contributed by atoms with E-state index in [-0.39, 0.29) is 5.91 Å². The molecule has 28 heavy (non-hydrogen) atoms. The number of rotatable bonds is 9. The zero-order chi connectivity index (χ0) is 19.8. The van der Waals surface area contributed by atoms with Crippen molar-refractivity contribution in [1.29, 1.82) is 0 Å². The van der Waals surface area contributed by atoms with E-state index >= 15 is 0 Å². The van der Waals surface area contributed by atoms with E-state index in [0.29, 0.717) is 30.6 Å². The van der Waals surface area contributed by atoms with Crippen molar-refractivity contribution in [2.24, 2.45) is 0 Å². The first-order chi connectivity index (χ1) is 13.6. The minimum atomic E-state index is -0.186. The van der Waals surface area contributed by atoms with E-state index in [1.54, 1.807) is 12.1 Å². The molecule has 1 aromatic carbocycles. The standard InChI is InChI=1S/C22H30N2O4/c1-17(2)18-4-6-19(7-5-18)27-16-20-8-9-21(28-20)22(25)23-10-3-11-24-12-14-26-15-13-24/h4-9,17H,3,10-16H2,1-2H3,(H,23,25). The lowest BCUT2D eigenvalue weighted by Gasteiger charge is -2.26. The molecule has 6 heteroatoms. The Morgan fingerprint density at radius 1 is 1.14 bits per heavy atom. The summed E-state index contributed by atoms with van der Waals surface area (Å²) in [6.45, 7) is 9.75. The van der Waals surface area contributed by atoms with Crippen LogP contribution in [0, 0.1) is 0 Å². The molecule has 1 N–H and O–H groups in total. The molecular formula is C22H30N2O4. The summed E-state index contributed by atoms with van der Waals surface area (Å²) in [6, 6.07) is 11.5. The summed E-state index contributed by atoms with van der Waals surface area (Å²) in [6.07, 6.45) is 0.911. The second-order valence-corrected chi connectivity index (χ2v) is 7.34. The van der Waals surface area contributed by atoms with Gasteiger partial charge < -0.3 is 19.2 Å². The molecule has 2 aromatic rings. The topological polar surface area (TPSA) is 63.9 Å². The average molecular weight is 386 g/mol. The fraction of sp³-hybridized carbons (Fsp3) is 0.500. The van der Waals surface area contributed by atoms with Crippen molar-refractivity contribution in [3.8, 4) is 5.75 Å². The van der Waals surface area contributed by atoms with Crippen LogP contribution in [0.3, 0.4) is 0 Å². The van der Waals surface area contributed by atoms with Crippen LogP contribution in [-0.4, -0.2) is 50.2 Å². The van der Waals surface area contributed by atoms with E-state index in [9.17, 15) is 4.79 Å². The molecule has 0 radical (unpaired) electrons. The van der Waals surface area contributed by atoms with Crippen LogP contribution in [0.15, 0.2) is 40.8 Å². The molecule has 1 fully saturated rings. The van der Waals surface area contributed by atoms with Crippen LogP contribution in [0.25, 0.3) is 0 Å². The third-order valence-corrected chi connectivity index (χ3v) is 4.85. The Morgan fingerprint density at radius 3 is 2.61 bits per heavy atom. The highest BCUT2D eigenvalue weighted by Crippen LogP contribution is 2.20. The Bertz CT molecular complexity index is 733. The number of furan rings is 1. The number of hydrogen-bond donors (Lipinski definition) is 1. The number of carbonyl (C=O) groups excluding carboxylic acids is 1. The van der Waals surface area contributed by atoms with Crippen LogP contribution >= 0.6 is 0 Å². The van der Waals surface area contributed by atoms with Crippen molar-refractivity contribution in [2.45, 2.75) is 32.8 Å². The molecule has 152 valence electrons. The molecule has 0 spiro atoms. The Balaban J connectivity index is 1.38. The van der Waals surface area contributed by atoms with Gasteiger partial charge in [0.1, 0.15) is 18.1 Å². The van der Waals surface area contributed by atoms with E-state index < -0.39 is 0 Å². The number of amides is 1. The smallest absolute Gasteiger partial charge is 0.286 e. The Hall–Kier alpha value is -2.31. The molecule has 1 aliphatic heterocycles.